The molecule has 0 amide bonds. The van der Waals surface area contributed by atoms with Crippen LogP contribution in [0.3, 0.4) is 0 Å². The summed E-state index contributed by atoms with van der Waals surface area (Å²) in [6.45, 7) is 6.48. The maximum atomic E-state index is 11.2. The van der Waals surface area contributed by atoms with Crippen molar-refractivity contribution in [2.24, 2.45) is 0 Å². The Hall–Kier alpha value is -1.73. The minimum Gasteiger partial charge on any atom is -0.382 e. The minimum absolute atomic E-state index is 0.249. The normalized spacial score (nSPS) is 25.4. The van der Waals surface area contributed by atoms with Crippen molar-refractivity contribution in [2.45, 2.75) is 76.6 Å². The molecule has 1 atom stereocenters. The molecule has 1 unspecified atom stereocenters. The molecule has 1 saturated heterocycles. The number of aromatic nitrogens is 5. The highest BCUT2D eigenvalue weighted by molar-refractivity contribution is 5.11. The van der Waals surface area contributed by atoms with Gasteiger partial charge >= 0.3 is 0 Å². The van der Waals surface area contributed by atoms with Crippen LogP contribution in [0.4, 0.5) is 0 Å². The van der Waals surface area contributed by atoms with Gasteiger partial charge in [0.05, 0.1) is 17.9 Å². The van der Waals surface area contributed by atoms with Crippen LogP contribution in [0.2, 0.25) is 0 Å². The molecule has 2 aromatic heterocycles. The number of piperidine rings is 1. The molecule has 1 N–H and O–H groups in total. The number of β-amino-alcohol motifs (C(OH)–C–C–N with tert-alkyl or cyclic N) is 1. The van der Waals surface area contributed by atoms with E-state index in [0.717, 1.165) is 31.6 Å². The lowest BCUT2D eigenvalue weighted by Gasteiger charge is -2.37. The molecule has 4 rings (SSSR count). The third-order valence-corrected chi connectivity index (χ3v) is 5.81. The second kappa shape index (κ2) is 7.12. The van der Waals surface area contributed by atoms with Crippen LogP contribution < -0.4 is 0 Å². The van der Waals surface area contributed by atoms with Gasteiger partial charge in [0.2, 0.25) is 0 Å². The smallest absolute Gasteiger partial charge is 0.123 e. The Kier molecular flexibility index (Phi) is 4.84. The predicted molar refractivity (Wildman–Crippen MR) is 98.5 cm³/mol. The fraction of sp³-hybridized carbons (Fsp3) is 0.737. The van der Waals surface area contributed by atoms with Crippen LogP contribution in [0, 0.1) is 0 Å². The Balaban J connectivity index is 1.43. The quantitative estimate of drug-likeness (QED) is 0.890. The van der Waals surface area contributed by atoms with Gasteiger partial charge in [0.25, 0.3) is 0 Å². The molecule has 2 aliphatic rings. The van der Waals surface area contributed by atoms with E-state index in [1.54, 1.807) is 0 Å². The molecule has 1 aliphatic heterocycles. The van der Waals surface area contributed by atoms with Gasteiger partial charge in [-0.15, -0.1) is 5.10 Å². The van der Waals surface area contributed by atoms with Crippen molar-refractivity contribution in [3.63, 3.8) is 0 Å². The van der Waals surface area contributed by atoms with Gasteiger partial charge in [-0.3, -0.25) is 9.58 Å². The lowest BCUT2D eigenvalue weighted by atomic mass is 9.90. The fourth-order valence-electron chi connectivity index (χ4n) is 4.27. The van der Waals surface area contributed by atoms with Gasteiger partial charge in [0, 0.05) is 25.3 Å². The first-order valence-corrected chi connectivity index (χ1v) is 9.94. The average molecular weight is 358 g/mol. The summed E-state index contributed by atoms with van der Waals surface area (Å²) >= 11 is 0. The SMILES string of the molecule is CC(C)n1cc(C2(O)CCCN(Cc3ccn(C4CCCC4)n3)C2)nn1. The molecular formula is C19H30N6O. The molecule has 1 saturated carbocycles. The zero-order valence-corrected chi connectivity index (χ0v) is 15.9. The molecule has 7 heteroatoms. The van der Waals surface area contributed by atoms with Crippen molar-refractivity contribution in [3.8, 4) is 0 Å². The highest BCUT2D eigenvalue weighted by atomic mass is 16.3. The van der Waals surface area contributed by atoms with Crippen LogP contribution in [0.5, 0.6) is 0 Å². The zero-order chi connectivity index (χ0) is 18.1. The Morgan fingerprint density at radius 1 is 1.27 bits per heavy atom. The molecule has 0 radical (unpaired) electrons. The molecule has 2 fully saturated rings. The first-order chi connectivity index (χ1) is 12.5. The number of hydrogen-bond donors (Lipinski definition) is 1. The highest BCUT2D eigenvalue weighted by Crippen LogP contribution is 2.32. The highest BCUT2D eigenvalue weighted by Gasteiger charge is 2.37. The molecule has 1 aliphatic carbocycles. The van der Waals surface area contributed by atoms with Crippen molar-refractivity contribution >= 4 is 0 Å². The van der Waals surface area contributed by atoms with Crippen LogP contribution in [-0.4, -0.2) is 47.9 Å². The molecule has 0 bridgehead atoms. The van der Waals surface area contributed by atoms with Gasteiger partial charge in [-0.05, 0) is 52.1 Å². The van der Waals surface area contributed by atoms with Crippen LogP contribution in [0.15, 0.2) is 18.5 Å². The van der Waals surface area contributed by atoms with Crippen molar-refractivity contribution < 1.29 is 5.11 Å². The molecule has 2 aromatic rings. The Morgan fingerprint density at radius 2 is 2.08 bits per heavy atom. The number of aliphatic hydroxyl groups is 1. The summed E-state index contributed by atoms with van der Waals surface area (Å²) in [5.74, 6) is 0. The molecule has 142 valence electrons. The number of hydrogen-bond acceptors (Lipinski definition) is 5. The Labute approximate surface area is 155 Å². The lowest BCUT2D eigenvalue weighted by molar-refractivity contribution is -0.0418. The summed E-state index contributed by atoms with van der Waals surface area (Å²) < 4.78 is 3.96. The summed E-state index contributed by atoms with van der Waals surface area (Å²) in [4.78, 5) is 2.29. The van der Waals surface area contributed by atoms with Gasteiger partial charge in [-0.2, -0.15) is 5.10 Å². The number of likely N-dealkylation sites (tertiary alicyclic amines) is 1. The third kappa shape index (κ3) is 3.55. The molecule has 26 heavy (non-hydrogen) atoms. The second-order valence-corrected chi connectivity index (χ2v) is 8.25. The summed E-state index contributed by atoms with van der Waals surface area (Å²) in [5.41, 5.74) is 0.860. The third-order valence-electron chi connectivity index (χ3n) is 5.81. The van der Waals surface area contributed by atoms with E-state index >= 15 is 0 Å². The maximum absolute atomic E-state index is 11.2. The van der Waals surface area contributed by atoms with E-state index in [1.165, 1.54) is 25.7 Å². The predicted octanol–water partition coefficient (Wildman–Crippen LogP) is 2.65. The van der Waals surface area contributed by atoms with Crippen molar-refractivity contribution in [2.75, 3.05) is 13.1 Å². The van der Waals surface area contributed by atoms with Crippen LogP contribution in [0.1, 0.15) is 75.8 Å². The number of nitrogens with zero attached hydrogens (tertiary/aromatic N) is 6. The Morgan fingerprint density at radius 3 is 2.81 bits per heavy atom. The first kappa shape index (κ1) is 17.7. The number of rotatable bonds is 5. The zero-order valence-electron chi connectivity index (χ0n) is 15.9. The van der Waals surface area contributed by atoms with Crippen LogP contribution >= 0.6 is 0 Å². The van der Waals surface area contributed by atoms with Crippen molar-refractivity contribution in [1.29, 1.82) is 0 Å². The summed E-state index contributed by atoms with van der Waals surface area (Å²) in [5, 5.41) is 24.4. The largest absolute Gasteiger partial charge is 0.382 e. The van der Waals surface area contributed by atoms with E-state index < -0.39 is 5.60 Å². The molecular weight excluding hydrogens is 328 g/mol. The van der Waals surface area contributed by atoms with E-state index in [2.05, 4.69) is 46.0 Å². The van der Waals surface area contributed by atoms with Gasteiger partial charge in [0.1, 0.15) is 11.3 Å². The van der Waals surface area contributed by atoms with E-state index in [0.29, 0.717) is 18.3 Å². The first-order valence-electron chi connectivity index (χ1n) is 9.94. The van der Waals surface area contributed by atoms with E-state index in [1.807, 2.05) is 10.9 Å². The van der Waals surface area contributed by atoms with Crippen LogP contribution in [0.25, 0.3) is 0 Å². The standard InChI is InChI=1S/C19H30N6O/c1-15(2)25-13-18(20-22-25)19(26)9-5-10-23(14-19)12-16-8-11-24(21-16)17-6-3-4-7-17/h8,11,13,15,17,26H,3-7,9-10,12,14H2,1-2H3. The Bertz CT molecular complexity index is 732. The summed E-state index contributed by atoms with van der Waals surface area (Å²) in [6.07, 6.45) is 10.8. The van der Waals surface area contributed by atoms with Gasteiger partial charge in [0.15, 0.2) is 0 Å². The summed E-state index contributed by atoms with van der Waals surface area (Å²) in [7, 11) is 0. The molecule has 3 heterocycles. The van der Waals surface area contributed by atoms with E-state index in [4.69, 9.17) is 5.10 Å². The molecule has 0 aromatic carbocycles. The minimum atomic E-state index is -0.917. The van der Waals surface area contributed by atoms with Gasteiger partial charge in [-0.1, -0.05) is 18.1 Å². The molecule has 7 nitrogen and oxygen atoms in total. The lowest BCUT2D eigenvalue weighted by Crippen LogP contribution is -2.46. The monoisotopic (exact) mass is 358 g/mol. The molecule has 0 spiro atoms. The van der Waals surface area contributed by atoms with Crippen molar-refractivity contribution in [1.82, 2.24) is 29.7 Å². The summed E-state index contributed by atoms with van der Waals surface area (Å²) in [6, 6.07) is 2.95. The maximum Gasteiger partial charge on any atom is 0.123 e. The van der Waals surface area contributed by atoms with Gasteiger partial charge in [-0.25, -0.2) is 4.68 Å². The fourth-order valence-corrected chi connectivity index (χ4v) is 4.27. The van der Waals surface area contributed by atoms with Crippen LogP contribution in [-0.2, 0) is 12.1 Å². The van der Waals surface area contributed by atoms with E-state index in [9.17, 15) is 5.11 Å². The van der Waals surface area contributed by atoms with Gasteiger partial charge < -0.3 is 5.11 Å². The second-order valence-electron chi connectivity index (χ2n) is 8.25. The van der Waals surface area contributed by atoms with E-state index in [-0.39, 0.29) is 6.04 Å². The van der Waals surface area contributed by atoms with Crippen molar-refractivity contribution in [3.05, 3.63) is 29.8 Å². The topological polar surface area (TPSA) is 72.0 Å². The average Bonchev–Trinajstić information content (AvgIpc) is 3.36.